The normalized spacial score (nSPS) is 17.3. The van der Waals surface area contributed by atoms with Crippen molar-refractivity contribution in [1.29, 1.82) is 0 Å². The molecule has 2 aliphatic rings. The maximum Gasteiger partial charge on any atom is 0.250 e. The summed E-state index contributed by atoms with van der Waals surface area (Å²) in [5.74, 6) is -1.82. The summed E-state index contributed by atoms with van der Waals surface area (Å²) in [7, 11) is -4.27. The maximum atomic E-state index is 13.2. The second-order valence-electron chi connectivity index (χ2n) is 7.88. The minimum Gasteiger partial charge on any atom is -0.368 e. The molecule has 1 aromatic heterocycles. The molecule has 2 aliphatic heterocycles. The van der Waals surface area contributed by atoms with E-state index in [0.717, 1.165) is 5.56 Å². The van der Waals surface area contributed by atoms with Crippen LogP contribution in [0, 0.1) is 6.92 Å². The summed E-state index contributed by atoms with van der Waals surface area (Å²) < 4.78 is 28.5. The van der Waals surface area contributed by atoms with Crippen LogP contribution in [0.3, 0.4) is 0 Å². The van der Waals surface area contributed by atoms with Gasteiger partial charge in [0.05, 0.1) is 4.90 Å². The number of thiophene rings is 1. The lowest BCUT2D eigenvalue weighted by molar-refractivity contribution is -0.138. The van der Waals surface area contributed by atoms with Crippen molar-refractivity contribution in [2.24, 2.45) is 5.73 Å². The lowest BCUT2D eigenvalue weighted by atomic mass is 10.1. The lowest BCUT2D eigenvalue weighted by Crippen LogP contribution is -2.55. The Hall–Kier alpha value is -2.76. The Morgan fingerprint density at radius 1 is 1.19 bits per heavy atom. The van der Waals surface area contributed by atoms with Gasteiger partial charge in [-0.1, -0.05) is 6.07 Å². The van der Waals surface area contributed by atoms with Crippen molar-refractivity contribution >= 4 is 44.8 Å². The van der Waals surface area contributed by atoms with Gasteiger partial charge in [0.25, 0.3) is 5.91 Å². The SMILES string of the molecule is Cc1c(N2CCCC2=O)cccc1S(=O)(=O)N[C@@H](C(N)=O)C(=O)N1CCc2sccc2C1. The van der Waals surface area contributed by atoms with Crippen LogP contribution in [-0.4, -0.2) is 50.2 Å². The first-order valence-electron chi connectivity index (χ1n) is 10.2. The van der Waals surface area contributed by atoms with E-state index in [9.17, 15) is 22.8 Å². The van der Waals surface area contributed by atoms with Crippen LogP contribution in [0.2, 0.25) is 0 Å². The van der Waals surface area contributed by atoms with E-state index in [1.807, 2.05) is 11.4 Å². The van der Waals surface area contributed by atoms with Gasteiger partial charge in [0.15, 0.2) is 6.04 Å². The Morgan fingerprint density at radius 3 is 2.66 bits per heavy atom. The highest BCUT2D eigenvalue weighted by Gasteiger charge is 2.36. The summed E-state index contributed by atoms with van der Waals surface area (Å²) in [6, 6.07) is 4.78. The van der Waals surface area contributed by atoms with Gasteiger partial charge in [-0.15, -0.1) is 11.3 Å². The number of carbonyl (C=O) groups is 3. The topological polar surface area (TPSA) is 130 Å². The fraction of sp³-hybridized carbons (Fsp3) is 0.381. The molecule has 1 atom stereocenters. The summed E-state index contributed by atoms with van der Waals surface area (Å²) in [6.45, 7) is 2.79. The summed E-state index contributed by atoms with van der Waals surface area (Å²) in [5.41, 5.74) is 7.28. The average molecular weight is 477 g/mol. The highest BCUT2D eigenvalue weighted by Crippen LogP contribution is 2.30. The first-order valence-corrected chi connectivity index (χ1v) is 12.6. The van der Waals surface area contributed by atoms with Gasteiger partial charge in [-0.05, 0) is 54.5 Å². The summed E-state index contributed by atoms with van der Waals surface area (Å²) >= 11 is 1.61. The number of nitrogens with one attached hydrogen (secondary N) is 1. The Labute approximate surface area is 190 Å². The number of primary amides is 1. The highest BCUT2D eigenvalue weighted by molar-refractivity contribution is 7.89. The second-order valence-corrected chi connectivity index (χ2v) is 10.6. The van der Waals surface area contributed by atoms with E-state index in [4.69, 9.17) is 5.73 Å². The van der Waals surface area contributed by atoms with Crippen molar-refractivity contribution in [3.05, 3.63) is 45.6 Å². The van der Waals surface area contributed by atoms with E-state index in [1.165, 1.54) is 21.9 Å². The van der Waals surface area contributed by atoms with Gasteiger partial charge in [0, 0.05) is 36.6 Å². The number of nitrogens with two attached hydrogens (primary N) is 1. The molecule has 3 N–H and O–H groups in total. The van der Waals surface area contributed by atoms with E-state index in [2.05, 4.69) is 4.72 Å². The van der Waals surface area contributed by atoms with E-state index < -0.39 is 27.9 Å². The van der Waals surface area contributed by atoms with Gasteiger partial charge in [0.2, 0.25) is 21.8 Å². The summed E-state index contributed by atoms with van der Waals surface area (Å²) in [5, 5.41) is 1.94. The molecule has 32 heavy (non-hydrogen) atoms. The molecule has 9 nitrogen and oxygen atoms in total. The van der Waals surface area contributed by atoms with Crippen LogP contribution >= 0.6 is 11.3 Å². The number of hydrogen-bond donors (Lipinski definition) is 2. The van der Waals surface area contributed by atoms with Crippen LogP contribution in [0.25, 0.3) is 0 Å². The maximum absolute atomic E-state index is 13.2. The molecular formula is C21H24N4O5S2. The molecule has 0 aliphatic carbocycles. The van der Waals surface area contributed by atoms with E-state index >= 15 is 0 Å². The Kier molecular flexibility index (Phi) is 6.06. The average Bonchev–Trinajstić information content (AvgIpc) is 3.39. The van der Waals surface area contributed by atoms with Crippen LogP contribution in [0.1, 0.15) is 28.8 Å². The smallest absolute Gasteiger partial charge is 0.250 e. The molecule has 3 amide bonds. The van der Waals surface area contributed by atoms with Gasteiger partial charge in [-0.2, -0.15) is 4.72 Å². The molecule has 0 bridgehead atoms. The third kappa shape index (κ3) is 4.15. The number of benzene rings is 1. The third-order valence-electron chi connectivity index (χ3n) is 5.83. The number of nitrogens with zero attached hydrogens (tertiary/aromatic N) is 2. The van der Waals surface area contributed by atoms with Gasteiger partial charge in [-0.25, -0.2) is 8.42 Å². The van der Waals surface area contributed by atoms with Crippen molar-refractivity contribution in [2.75, 3.05) is 18.0 Å². The largest absolute Gasteiger partial charge is 0.368 e. The zero-order valence-electron chi connectivity index (χ0n) is 17.5. The Balaban J connectivity index is 1.59. The van der Waals surface area contributed by atoms with Gasteiger partial charge < -0.3 is 15.5 Å². The zero-order chi connectivity index (χ0) is 23.0. The molecule has 0 spiro atoms. The van der Waals surface area contributed by atoms with Crippen molar-refractivity contribution in [1.82, 2.24) is 9.62 Å². The number of anilines is 1. The number of fused-ring (bicyclic) bond motifs is 1. The molecule has 1 fully saturated rings. The zero-order valence-corrected chi connectivity index (χ0v) is 19.2. The number of amides is 3. The van der Waals surface area contributed by atoms with Crippen LogP contribution in [0.4, 0.5) is 5.69 Å². The lowest BCUT2D eigenvalue weighted by Gasteiger charge is -2.30. The predicted molar refractivity (Wildman–Crippen MR) is 120 cm³/mol. The van der Waals surface area contributed by atoms with Gasteiger partial charge in [-0.3, -0.25) is 14.4 Å². The van der Waals surface area contributed by atoms with Crippen molar-refractivity contribution in [3.63, 3.8) is 0 Å². The summed E-state index contributed by atoms with van der Waals surface area (Å²) in [4.78, 5) is 41.3. The Bertz CT molecular complexity index is 1190. The van der Waals surface area contributed by atoms with Crippen molar-refractivity contribution < 1.29 is 22.8 Å². The van der Waals surface area contributed by atoms with E-state index in [0.29, 0.717) is 50.1 Å². The summed E-state index contributed by atoms with van der Waals surface area (Å²) in [6.07, 6.45) is 1.75. The first kappa shape index (κ1) is 22.4. The van der Waals surface area contributed by atoms with Crippen LogP contribution in [0.5, 0.6) is 0 Å². The molecule has 2 aromatic rings. The molecular weight excluding hydrogens is 452 g/mol. The van der Waals surface area contributed by atoms with Crippen molar-refractivity contribution in [3.8, 4) is 0 Å². The molecule has 1 aromatic carbocycles. The molecule has 0 saturated carbocycles. The molecule has 170 valence electrons. The van der Waals surface area contributed by atoms with Crippen LogP contribution in [-0.2, 0) is 37.4 Å². The monoisotopic (exact) mass is 476 g/mol. The molecule has 3 heterocycles. The predicted octanol–water partition coefficient (Wildman–Crippen LogP) is 0.900. The second kappa shape index (κ2) is 8.64. The molecule has 0 unspecified atom stereocenters. The molecule has 11 heteroatoms. The van der Waals surface area contributed by atoms with Gasteiger partial charge >= 0.3 is 0 Å². The number of hydrogen-bond acceptors (Lipinski definition) is 6. The standard InChI is InChI=1S/C21H24N4O5S2/c1-13-15(25-9-3-6-18(25)26)4-2-5-17(13)32(29,30)23-19(20(22)27)21(28)24-10-7-16-14(12-24)8-11-31-16/h2,4-5,8,11,19,23H,3,6-7,9-10,12H2,1H3,(H2,22,27)/t19-/m0/s1. The quantitative estimate of drug-likeness (QED) is 0.599. The number of carbonyl (C=O) groups excluding carboxylic acids is 3. The fourth-order valence-corrected chi connectivity index (χ4v) is 6.47. The molecule has 0 radical (unpaired) electrons. The molecule has 4 rings (SSSR count). The first-order chi connectivity index (χ1) is 15.2. The minimum absolute atomic E-state index is 0.0707. The highest BCUT2D eigenvalue weighted by atomic mass is 32.2. The Morgan fingerprint density at radius 2 is 1.97 bits per heavy atom. The number of sulfonamides is 1. The third-order valence-corrected chi connectivity index (χ3v) is 8.42. The van der Waals surface area contributed by atoms with E-state index in [-0.39, 0.29) is 10.8 Å². The van der Waals surface area contributed by atoms with Crippen molar-refractivity contribution in [2.45, 2.75) is 43.7 Å². The van der Waals surface area contributed by atoms with Crippen LogP contribution < -0.4 is 15.4 Å². The van der Waals surface area contributed by atoms with E-state index in [1.54, 1.807) is 29.2 Å². The minimum atomic E-state index is -4.27. The van der Waals surface area contributed by atoms with Crippen LogP contribution in [0.15, 0.2) is 34.5 Å². The van der Waals surface area contributed by atoms with Gasteiger partial charge in [0.1, 0.15) is 0 Å². The molecule has 1 saturated heterocycles. The number of rotatable bonds is 6. The fourth-order valence-electron chi connectivity index (χ4n) is 4.16.